The number of hydrogen-bond acceptors (Lipinski definition) is 0. The van der Waals surface area contributed by atoms with Crippen molar-refractivity contribution < 1.29 is 4.11 Å². The van der Waals surface area contributed by atoms with Crippen LogP contribution in [-0.4, -0.2) is 0 Å². The van der Waals surface area contributed by atoms with E-state index < -0.39 is 6.85 Å². The maximum atomic E-state index is 6.84. The summed E-state index contributed by atoms with van der Waals surface area (Å²) in [5.74, 6) is 0.530. The van der Waals surface area contributed by atoms with Gasteiger partial charge in [0.05, 0.1) is 0 Å². The molecule has 1 fully saturated rings. The molecule has 0 aromatic heterocycles. The van der Waals surface area contributed by atoms with Crippen LogP contribution in [0.3, 0.4) is 0 Å². The Morgan fingerprint density at radius 3 is 3.00 bits per heavy atom. The summed E-state index contributed by atoms with van der Waals surface area (Å²) in [7, 11) is 0. The number of hydrogen-bond donors (Lipinski definition) is 0. The Kier molecular flexibility index (Phi) is 0.250. The van der Waals surface area contributed by atoms with Crippen molar-refractivity contribution >= 4 is 0 Å². The highest BCUT2D eigenvalue weighted by Gasteiger charge is 2.17. The zero-order valence-corrected chi connectivity index (χ0v) is 3.20. The molecular weight excluding hydrogens is 60.1 g/mol. The summed E-state index contributed by atoms with van der Waals surface area (Å²) in [6.45, 7) is -1.67. The highest BCUT2D eigenvalue weighted by molar-refractivity contribution is 4.69. The second kappa shape index (κ2) is 1.00. The maximum absolute atomic E-state index is 6.84. The summed E-state index contributed by atoms with van der Waals surface area (Å²) >= 11 is 0. The lowest BCUT2D eigenvalue weighted by molar-refractivity contribution is 0.799. The largest absolute Gasteiger partial charge is 0.0651 e. The van der Waals surface area contributed by atoms with Crippen molar-refractivity contribution in [3.8, 4) is 0 Å². The van der Waals surface area contributed by atoms with Crippen LogP contribution >= 0.6 is 0 Å². The molecule has 0 nitrogen and oxygen atoms in total. The molecule has 0 heteroatoms. The molecule has 0 saturated heterocycles. The highest BCUT2D eigenvalue weighted by Crippen LogP contribution is 2.31. The molecule has 0 aliphatic heterocycles. The van der Waals surface area contributed by atoms with Crippen LogP contribution in [0.25, 0.3) is 0 Å². The van der Waals surface area contributed by atoms with Crippen LogP contribution in [0.1, 0.15) is 30.2 Å². The van der Waals surface area contributed by atoms with Crippen molar-refractivity contribution in [2.45, 2.75) is 26.1 Å². The van der Waals surface area contributed by atoms with Gasteiger partial charge in [-0.15, -0.1) is 0 Å². The molecule has 5 heavy (non-hydrogen) atoms. The van der Waals surface area contributed by atoms with Gasteiger partial charge in [0.2, 0.25) is 0 Å². The van der Waals surface area contributed by atoms with E-state index in [9.17, 15) is 0 Å². The van der Waals surface area contributed by atoms with Crippen molar-refractivity contribution in [2.75, 3.05) is 0 Å². The zero-order valence-electron chi connectivity index (χ0n) is 6.20. The second-order valence-electron chi connectivity index (χ2n) is 1.65. The fraction of sp³-hybridized carbons (Fsp3) is 1.00. The van der Waals surface area contributed by atoms with Crippen LogP contribution in [0.5, 0.6) is 0 Å². The fourth-order valence-corrected chi connectivity index (χ4v) is 0.322. The van der Waals surface area contributed by atoms with E-state index in [1.165, 1.54) is 0 Å². The lowest BCUT2D eigenvalue weighted by Gasteiger charge is -1.72. The molecule has 0 heterocycles. The van der Waals surface area contributed by atoms with E-state index >= 15 is 0 Å². The zero-order chi connectivity index (χ0) is 6.20. The molecule has 1 aliphatic carbocycles. The highest BCUT2D eigenvalue weighted by atomic mass is 14.2. The average Bonchev–Trinajstić information content (AvgIpc) is 2.12. The molecule has 0 amide bonds. The molecule has 1 saturated carbocycles. The molecule has 1 rings (SSSR count). The Labute approximate surface area is 37.4 Å². The van der Waals surface area contributed by atoms with Gasteiger partial charge in [-0.05, 0) is 5.92 Å². The normalized spacial score (nSPS) is 34.8. The summed E-state index contributed by atoms with van der Waals surface area (Å²) in [5.41, 5.74) is 0. The lowest BCUT2D eigenvalue weighted by Crippen LogP contribution is -1.59. The molecular formula is C5H10. The molecule has 0 aromatic rings. The van der Waals surface area contributed by atoms with Crippen molar-refractivity contribution in [2.24, 2.45) is 5.92 Å². The van der Waals surface area contributed by atoms with Crippen molar-refractivity contribution in [3.05, 3.63) is 0 Å². The van der Waals surface area contributed by atoms with Gasteiger partial charge in [-0.25, -0.2) is 0 Å². The third-order valence-electron chi connectivity index (χ3n) is 0.986. The van der Waals surface area contributed by atoms with Crippen LogP contribution in [0.2, 0.25) is 0 Å². The van der Waals surface area contributed by atoms with Gasteiger partial charge in [-0.3, -0.25) is 0 Å². The minimum absolute atomic E-state index is 0.438. The van der Waals surface area contributed by atoms with Crippen molar-refractivity contribution in [1.29, 1.82) is 0 Å². The van der Waals surface area contributed by atoms with Gasteiger partial charge in [0.1, 0.15) is 0 Å². The minimum atomic E-state index is -1.67. The Morgan fingerprint density at radius 1 is 2.00 bits per heavy atom. The fourth-order valence-electron chi connectivity index (χ4n) is 0.322. The summed E-state index contributed by atoms with van der Waals surface area (Å²) in [6, 6.07) is 0. The lowest BCUT2D eigenvalue weighted by atomic mass is 10.3. The van der Waals surface area contributed by atoms with E-state index in [1.54, 1.807) is 0 Å². The molecule has 0 spiro atoms. The Morgan fingerprint density at radius 2 is 2.80 bits per heavy atom. The Bertz CT molecular complexity index is 80.2. The van der Waals surface area contributed by atoms with E-state index in [-0.39, 0.29) is 0 Å². The van der Waals surface area contributed by atoms with Gasteiger partial charge in [0.25, 0.3) is 0 Å². The first kappa shape index (κ1) is 1.25. The molecule has 0 unspecified atom stereocenters. The van der Waals surface area contributed by atoms with E-state index in [0.29, 0.717) is 12.3 Å². The Hall–Kier alpha value is 0. The van der Waals surface area contributed by atoms with Gasteiger partial charge >= 0.3 is 0 Å². The predicted molar refractivity (Wildman–Crippen MR) is 23.0 cm³/mol. The van der Waals surface area contributed by atoms with Crippen LogP contribution in [0.15, 0.2) is 0 Å². The van der Waals surface area contributed by atoms with Gasteiger partial charge in [0.15, 0.2) is 0 Å². The molecule has 30 valence electrons. The van der Waals surface area contributed by atoms with Gasteiger partial charge in [-0.1, -0.05) is 26.1 Å². The van der Waals surface area contributed by atoms with Gasteiger partial charge in [0, 0.05) is 4.11 Å². The average molecular weight is 73.2 g/mol. The first-order valence-corrected chi connectivity index (χ1v) is 2.08. The van der Waals surface area contributed by atoms with E-state index in [1.807, 2.05) is 0 Å². The maximum Gasteiger partial charge on any atom is 0.0230 e. The third kappa shape index (κ3) is 0.640. The smallest absolute Gasteiger partial charge is 0.0230 e. The summed E-state index contributed by atoms with van der Waals surface area (Å²) in [4.78, 5) is 0. The summed E-state index contributed by atoms with van der Waals surface area (Å²) < 4.78 is 20.5. The molecule has 0 aromatic carbocycles. The van der Waals surface area contributed by atoms with Crippen molar-refractivity contribution in [1.82, 2.24) is 0 Å². The molecule has 0 bridgehead atoms. The number of rotatable bonds is 1. The molecule has 1 aliphatic rings. The van der Waals surface area contributed by atoms with Gasteiger partial charge < -0.3 is 0 Å². The van der Waals surface area contributed by atoms with E-state index in [4.69, 9.17) is 4.11 Å². The topological polar surface area (TPSA) is 0 Å². The quantitative estimate of drug-likeness (QED) is 0.444. The second-order valence-corrected chi connectivity index (χ2v) is 1.65. The van der Waals surface area contributed by atoms with E-state index in [2.05, 4.69) is 0 Å². The SMILES string of the molecule is [2H]C([2H])([2H])CC1CC1. The van der Waals surface area contributed by atoms with E-state index in [0.717, 1.165) is 12.8 Å². The minimum Gasteiger partial charge on any atom is -0.0651 e. The predicted octanol–water partition coefficient (Wildman–Crippen LogP) is 1.81. The monoisotopic (exact) mass is 73.1 g/mol. The van der Waals surface area contributed by atoms with Crippen molar-refractivity contribution in [3.63, 3.8) is 0 Å². The first-order chi connectivity index (χ1) is 3.58. The standard InChI is InChI=1S/C5H10/c1-2-5-3-4-5/h5H,2-4H2,1H3/i1D3. The van der Waals surface area contributed by atoms with Crippen LogP contribution in [-0.2, 0) is 0 Å². The Balaban J connectivity index is 2.16. The first-order valence-electron chi connectivity index (χ1n) is 3.58. The molecule has 0 atom stereocenters. The summed E-state index contributed by atoms with van der Waals surface area (Å²) in [5, 5.41) is 0. The molecule has 0 radical (unpaired) electrons. The van der Waals surface area contributed by atoms with Crippen LogP contribution in [0.4, 0.5) is 0 Å². The van der Waals surface area contributed by atoms with Crippen LogP contribution in [0, 0.1) is 5.92 Å². The van der Waals surface area contributed by atoms with Gasteiger partial charge in [-0.2, -0.15) is 0 Å². The summed E-state index contributed by atoms with van der Waals surface area (Å²) in [6.07, 6.45) is 2.71. The third-order valence-corrected chi connectivity index (χ3v) is 0.986. The van der Waals surface area contributed by atoms with Crippen LogP contribution < -0.4 is 0 Å². The molecule has 0 N–H and O–H groups in total.